The van der Waals surface area contributed by atoms with Gasteiger partial charge in [0, 0.05) is 12.1 Å². The summed E-state index contributed by atoms with van der Waals surface area (Å²) in [6, 6.07) is 8.59. The zero-order valence-corrected chi connectivity index (χ0v) is 10.2. The Hall–Kier alpha value is -1.86. The molecule has 0 radical (unpaired) electrons. The van der Waals surface area contributed by atoms with E-state index in [1.165, 1.54) is 0 Å². The zero-order chi connectivity index (χ0) is 12.5. The normalized spacial score (nSPS) is 24.0. The van der Waals surface area contributed by atoms with E-state index < -0.39 is 0 Å². The van der Waals surface area contributed by atoms with Crippen LogP contribution in [0.25, 0.3) is 11.0 Å². The molecule has 0 saturated heterocycles. The summed E-state index contributed by atoms with van der Waals surface area (Å²) in [4.78, 5) is 4.40. The molecule has 1 aromatic carbocycles. The van der Waals surface area contributed by atoms with Crippen LogP contribution in [-0.2, 0) is 0 Å². The third-order valence-electron chi connectivity index (χ3n) is 3.80. The predicted octanol–water partition coefficient (Wildman–Crippen LogP) is 2.35. The Morgan fingerprint density at radius 2 is 2.28 bits per heavy atom. The first-order valence-electron chi connectivity index (χ1n) is 6.41. The number of rotatable bonds is 1. The number of hydrogen-bond acceptors (Lipinski definition) is 3. The molecule has 1 heterocycles. The summed E-state index contributed by atoms with van der Waals surface area (Å²) < 4.78 is 2.15. The standard InChI is InChI=1S/C14H16N4/c15-8-10-3-1-6-13-14(10)18(9-17-13)12-5-2-4-11(16)7-12/h1,3,6,9,11-12H,2,4-5,7,16H2/t11-,12+/m1/s1. The van der Waals surface area contributed by atoms with Crippen molar-refractivity contribution < 1.29 is 0 Å². The van der Waals surface area contributed by atoms with E-state index in [-0.39, 0.29) is 6.04 Å². The van der Waals surface area contributed by atoms with Crippen molar-refractivity contribution in [3.05, 3.63) is 30.1 Å². The Bertz CT molecular complexity index is 608. The minimum absolute atomic E-state index is 0.274. The molecular weight excluding hydrogens is 224 g/mol. The minimum Gasteiger partial charge on any atom is -0.328 e. The SMILES string of the molecule is N#Cc1cccc2ncn([C@H]3CCC[C@@H](N)C3)c12. The number of nitrogens with zero attached hydrogens (tertiary/aromatic N) is 3. The van der Waals surface area contributed by atoms with Crippen LogP contribution in [0.5, 0.6) is 0 Å². The lowest BCUT2D eigenvalue weighted by atomic mass is 9.91. The van der Waals surface area contributed by atoms with Crippen LogP contribution in [0.2, 0.25) is 0 Å². The van der Waals surface area contributed by atoms with Gasteiger partial charge in [0.2, 0.25) is 0 Å². The van der Waals surface area contributed by atoms with Crippen LogP contribution in [0.1, 0.15) is 37.3 Å². The van der Waals surface area contributed by atoms with E-state index in [0.29, 0.717) is 11.6 Å². The zero-order valence-electron chi connectivity index (χ0n) is 10.2. The highest BCUT2D eigenvalue weighted by molar-refractivity contribution is 5.81. The fourth-order valence-electron chi connectivity index (χ4n) is 2.91. The highest BCUT2D eigenvalue weighted by Gasteiger charge is 2.22. The molecule has 1 aromatic heterocycles. The third kappa shape index (κ3) is 1.77. The molecule has 3 rings (SSSR count). The number of aromatic nitrogens is 2. The summed E-state index contributed by atoms with van der Waals surface area (Å²) in [7, 11) is 0. The van der Waals surface area contributed by atoms with Crippen LogP contribution in [0.4, 0.5) is 0 Å². The fraction of sp³-hybridized carbons (Fsp3) is 0.429. The van der Waals surface area contributed by atoms with Crippen molar-refractivity contribution in [3.8, 4) is 6.07 Å². The lowest BCUT2D eigenvalue weighted by molar-refractivity contribution is 0.325. The van der Waals surface area contributed by atoms with Gasteiger partial charge < -0.3 is 10.3 Å². The molecule has 0 amide bonds. The van der Waals surface area contributed by atoms with Gasteiger partial charge in [0.25, 0.3) is 0 Å². The van der Waals surface area contributed by atoms with Gasteiger partial charge >= 0.3 is 0 Å². The van der Waals surface area contributed by atoms with Crippen molar-refractivity contribution in [3.63, 3.8) is 0 Å². The van der Waals surface area contributed by atoms with E-state index in [0.717, 1.165) is 36.7 Å². The fourth-order valence-corrected chi connectivity index (χ4v) is 2.91. The maximum absolute atomic E-state index is 9.21. The molecule has 0 unspecified atom stereocenters. The lowest BCUT2D eigenvalue weighted by Crippen LogP contribution is -2.29. The first-order valence-corrected chi connectivity index (χ1v) is 6.41. The molecular formula is C14H16N4. The van der Waals surface area contributed by atoms with E-state index >= 15 is 0 Å². The van der Waals surface area contributed by atoms with E-state index in [1.807, 2.05) is 24.5 Å². The highest BCUT2D eigenvalue weighted by atomic mass is 15.1. The van der Waals surface area contributed by atoms with E-state index in [4.69, 9.17) is 5.73 Å². The van der Waals surface area contributed by atoms with Crippen molar-refractivity contribution >= 4 is 11.0 Å². The summed E-state index contributed by atoms with van der Waals surface area (Å²) in [6.45, 7) is 0. The average molecular weight is 240 g/mol. The molecule has 1 aliphatic carbocycles. The number of hydrogen-bond donors (Lipinski definition) is 1. The third-order valence-corrected chi connectivity index (χ3v) is 3.80. The van der Waals surface area contributed by atoms with Crippen molar-refractivity contribution in [2.45, 2.75) is 37.8 Å². The lowest BCUT2D eigenvalue weighted by Gasteiger charge is -2.28. The van der Waals surface area contributed by atoms with Crippen LogP contribution in [0, 0.1) is 11.3 Å². The smallest absolute Gasteiger partial charge is 0.101 e. The maximum atomic E-state index is 9.21. The summed E-state index contributed by atoms with van der Waals surface area (Å²) in [6.07, 6.45) is 6.22. The van der Waals surface area contributed by atoms with Gasteiger partial charge in [-0.25, -0.2) is 4.98 Å². The number of nitriles is 1. The molecule has 0 bridgehead atoms. The van der Waals surface area contributed by atoms with Crippen molar-refractivity contribution in [1.82, 2.24) is 9.55 Å². The quantitative estimate of drug-likeness (QED) is 0.832. The molecule has 2 N–H and O–H groups in total. The molecule has 1 saturated carbocycles. The van der Waals surface area contributed by atoms with Gasteiger partial charge in [-0.3, -0.25) is 0 Å². The molecule has 0 spiro atoms. The number of benzene rings is 1. The number of para-hydroxylation sites is 1. The molecule has 1 aliphatic rings. The number of fused-ring (bicyclic) bond motifs is 1. The van der Waals surface area contributed by atoms with Gasteiger partial charge in [-0.2, -0.15) is 5.26 Å². The Morgan fingerprint density at radius 1 is 1.39 bits per heavy atom. The second-order valence-corrected chi connectivity index (χ2v) is 5.02. The summed E-state index contributed by atoms with van der Waals surface area (Å²) in [5, 5.41) is 9.21. The molecule has 4 heteroatoms. The van der Waals surface area contributed by atoms with E-state index in [2.05, 4.69) is 15.6 Å². The average Bonchev–Trinajstić information content (AvgIpc) is 2.82. The number of nitrogens with two attached hydrogens (primary N) is 1. The molecule has 18 heavy (non-hydrogen) atoms. The molecule has 92 valence electrons. The molecule has 0 aliphatic heterocycles. The molecule has 1 fully saturated rings. The summed E-state index contributed by atoms with van der Waals surface area (Å²) in [5.41, 5.74) is 8.60. The Balaban J connectivity index is 2.09. The molecule has 4 nitrogen and oxygen atoms in total. The first kappa shape index (κ1) is 11.2. The minimum atomic E-state index is 0.274. The largest absolute Gasteiger partial charge is 0.328 e. The van der Waals surface area contributed by atoms with Gasteiger partial charge in [0.15, 0.2) is 0 Å². The van der Waals surface area contributed by atoms with Crippen LogP contribution < -0.4 is 5.73 Å². The van der Waals surface area contributed by atoms with Crippen LogP contribution in [-0.4, -0.2) is 15.6 Å². The Morgan fingerprint density at radius 3 is 3.06 bits per heavy atom. The second-order valence-electron chi connectivity index (χ2n) is 5.02. The van der Waals surface area contributed by atoms with Crippen LogP contribution >= 0.6 is 0 Å². The van der Waals surface area contributed by atoms with Crippen LogP contribution in [0.3, 0.4) is 0 Å². The predicted molar refractivity (Wildman–Crippen MR) is 69.9 cm³/mol. The van der Waals surface area contributed by atoms with Gasteiger partial charge in [0.1, 0.15) is 6.07 Å². The number of imidazole rings is 1. The Kier molecular flexibility index (Phi) is 2.77. The summed E-state index contributed by atoms with van der Waals surface area (Å²) >= 11 is 0. The van der Waals surface area contributed by atoms with Gasteiger partial charge in [0.05, 0.1) is 22.9 Å². The van der Waals surface area contributed by atoms with Gasteiger partial charge in [-0.15, -0.1) is 0 Å². The summed E-state index contributed by atoms with van der Waals surface area (Å²) in [5.74, 6) is 0. The van der Waals surface area contributed by atoms with Crippen molar-refractivity contribution in [1.29, 1.82) is 5.26 Å². The monoisotopic (exact) mass is 240 g/mol. The van der Waals surface area contributed by atoms with Gasteiger partial charge in [-0.05, 0) is 37.8 Å². The molecule has 2 aromatic rings. The second kappa shape index (κ2) is 4.43. The van der Waals surface area contributed by atoms with E-state index in [1.54, 1.807) is 0 Å². The van der Waals surface area contributed by atoms with Gasteiger partial charge in [-0.1, -0.05) is 6.07 Å². The van der Waals surface area contributed by atoms with E-state index in [9.17, 15) is 5.26 Å². The first-order chi connectivity index (χ1) is 8.79. The van der Waals surface area contributed by atoms with Crippen molar-refractivity contribution in [2.24, 2.45) is 5.73 Å². The molecule has 2 atom stereocenters. The Labute approximate surface area is 106 Å². The maximum Gasteiger partial charge on any atom is 0.101 e. The van der Waals surface area contributed by atoms with Crippen LogP contribution in [0.15, 0.2) is 24.5 Å². The van der Waals surface area contributed by atoms with Crippen molar-refractivity contribution in [2.75, 3.05) is 0 Å². The highest BCUT2D eigenvalue weighted by Crippen LogP contribution is 2.31. The topological polar surface area (TPSA) is 67.6 Å².